The van der Waals surface area contributed by atoms with Gasteiger partial charge in [0.15, 0.2) is 0 Å². The number of esters is 2. The number of ether oxygens (including phenoxy) is 2. The van der Waals surface area contributed by atoms with Gasteiger partial charge in [-0.2, -0.15) is 0 Å². The van der Waals surface area contributed by atoms with Crippen molar-refractivity contribution in [3.05, 3.63) is 0 Å². The molecule has 0 aliphatic heterocycles. The van der Waals surface area contributed by atoms with Gasteiger partial charge < -0.3 is 9.47 Å². The van der Waals surface area contributed by atoms with Crippen molar-refractivity contribution in [3.63, 3.8) is 0 Å². The van der Waals surface area contributed by atoms with Crippen LogP contribution in [0.25, 0.3) is 0 Å². The molecular formula is C10H18O4. The predicted molar refractivity (Wildman–Crippen MR) is 51.7 cm³/mol. The Morgan fingerprint density at radius 1 is 0.929 bits per heavy atom. The summed E-state index contributed by atoms with van der Waals surface area (Å²) in [6.07, 6.45) is -0.117. The van der Waals surface area contributed by atoms with E-state index in [4.69, 9.17) is 9.47 Å². The second kappa shape index (κ2) is 6.40. The fourth-order valence-corrected chi connectivity index (χ4v) is 0.773. The average molecular weight is 202 g/mol. The Morgan fingerprint density at radius 2 is 1.21 bits per heavy atom. The van der Waals surface area contributed by atoms with E-state index in [1.807, 2.05) is 0 Å². The third-order valence-corrected chi connectivity index (χ3v) is 1.87. The molecule has 0 aliphatic carbocycles. The second-order valence-electron chi connectivity index (χ2n) is 3.10. The molecule has 4 heteroatoms. The summed E-state index contributed by atoms with van der Waals surface area (Å²) in [7, 11) is 0. The molecule has 0 N–H and O–H groups in total. The van der Waals surface area contributed by atoms with Crippen LogP contribution in [0.3, 0.4) is 0 Å². The zero-order chi connectivity index (χ0) is 11.1. The summed E-state index contributed by atoms with van der Waals surface area (Å²) in [6, 6.07) is 0. The van der Waals surface area contributed by atoms with Gasteiger partial charge in [0.1, 0.15) is 12.2 Å². The molecule has 82 valence electrons. The predicted octanol–water partition coefficient (Wildman–Crippen LogP) is 1.67. The first kappa shape index (κ1) is 12.9. The summed E-state index contributed by atoms with van der Waals surface area (Å²) < 4.78 is 9.98. The van der Waals surface area contributed by atoms with Crippen LogP contribution >= 0.6 is 0 Å². The van der Waals surface area contributed by atoms with Crippen molar-refractivity contribution in [2.75, 3.05) is 0 Å². The first-order valence-electron chi connectivity index (χ1n) is 4.90. The maximum atomic E-state index is 10.9. The molecule has 0 unspecified atom stereocenters. The Labute approximate surface area is 84.6 Å². The van der Waals surface area contributed by atoms with E-state index in [9.17, 15) is 9.59 Å². The fraction of sp³-hybridized carbons (Fsp3) is 0.800. The average Bonchev–Trinajstić information content (AvgIpc) is 2.17. The van der Waals surface area contributed by atoms with Gasteiger partial charge in [-0.3, -0.25) is 9.59 Å². The third-order valence-electron chi connectivity index (χ3n) is 1.87. The van der Waals surface area contributed by atoms with Crippen molar-refractivity contribution >= 4 is 11.9 Å². The molecule has 4 nitrogen and oxygen atoms in total. The van der Waals surface area contributed by atoms with E-state index in [2.05, 4.69) is 0 Å². The standard InChI is InChI=1S/C10H18O4/c1-5-9(11)13-7(3)8(4)14-10(12)6-2/h7-8H,5-6H2,1-4H3/t7-,8-/m1/s1. The minimum atomic E-state index is -0.391. The van der Waals surface area contributed by atoms with Crippen molar-refractivity contribution in [3.8, 4) is 0 Å². The van der Waals surface area contributed by atoms with E-state index < -0.39 is 12.2 Å². The molecule has 0 heterocycles. The maximum absolute atomic E-state index is 10.9. The molecule has 0 amide bonds. The molecule has 0 aromatic rings. The lowest BCUT2D eigenvalue weighted by Gasteiger charge is -2.20. The van der Waals surface area contributed by atoms with Gasteiger partial charge in [-0.15, -0.1) is 0 Å². The van der Waals surface area contributed by atoms with Crippen molar-refractivity contribution < 1.29 is 19.1 Å². The molecule has 0 bridgehead atoms. The molecule has 0 saturated heterocycles. The lowest BCUT2D eigenvalue weighted by atomic mass is 10.2. The van der Waals surface area contributed by atoms with E-state index in [0.29, 0.717) is 12.8 Å². The highest BCUT2D eigenvalue weighted by molar-refractivity contribution is 5.70. The Kier molecular flexibility index (Phi) is 5.92. The van der Waals surface area contributed by atoms with Gasteiger partial charge in [0.25, 0.3) is 0 Å². The molecule has 0 saturated carbocycles. The molecule has 2 atom stereocenters. The van der Waals surface area contributed by atoms with Crippen LogP contribution < -0.4 is 0 Å². The van der Waals surface area contributed by atoms with Crippen LogP contribution in [0.4, 0.5) is 0 Å². The van der Waals surface area contributed by atoms with Gasteiger partial charge >= 0.3 is 11.9 Å². The Morgan fingerprint density at radius 3 is 1.43 bits per heavy atom. The van der Waals surface area contributed by atoms with E-state index in [1.54, 1.807) is 27.7 Å². The van der Waals surface area contributed by atoms with Gasteiger partial charge in [-0.25, -0.2) is 0 Å². The third kappa shape index (κ3) is 4.84. The highest BCUT2D eigenvalue weighted by Crippen LogP contribution is 2.05. The monoisotopic (exact) mass is 202 g/mol. The topological polar surface area (TPSA) is 52.6 Å². The Balaban J connectivity index is 3.92. The Hall–Kier alpha value is -1.06. The van der Waals surface area contributed by atoms with Crippen molar-refractivity contribution in [1.29, 1.82) is 0 Å². The van der Waals surface area contributed by atoms with Crippen molar-refractivity contribution in [2.24, 2.45) is 0 Å². The molecule has 14 heavy (non-hydrogen) atoms. The van der Waals surface area contributed by atoms with Gasteiger partial charge in [0.2, 0.25) is 0 Å². The van der Waals surface area contributed by atoms with Crippen LogP contribution in [0.1, 0.15) is 40.5 Å². The zero-order valence-electron chi connectivity index (χ0n) is 9.20. The summed E-state index contributed by atoms with van der Waals surface area (Å²) in [5, 5.41) is 0. The molecule has 0 aromatic carbocycles. The van der Waals surface area contributed by atoms with Crippen LogP contribution in [-0.4, -0.2) is 24.1 Å². The van der Waals surface area contributed by atoms with Crippen molar-refractivity contribution in [1.82, 2.24) is 0 Å². The van der Waals surface area contributed by atoms with Gasteiger partial charge in [-0.1, -0.05) is 13.8 Å². The number of hydrogen-bond acceptors (Lipinski definition) is 4. The summed E-state index contributed by atoms with van der Waals surface area (Å²) in [5.41, 5.74) is 0. The minimum absolute atomic E-state index is 0.281. The summed E-state index contributed by atoms with van der Waals surface area (Å²) in [6.45, 7) is 6.86. The molecule has 0 aromatic heterocycles. The lowest BCUT2D eigenvalue weighted by molar-refractivity contribution is -0.164. The van der Waals surface area contributed by atoms with Gasteiger partial charge in [0, 0.05) is 12.8 Å². The van der Waals surface area contributed by atoms with Crippen LogP contribution in [0.15, 0.2) is 0 Å². The normalized spacial score (nSPS) is 14.3. The fourth-order valence-electron chi connectivity index (χ4n) is 0.773. The maximum Gasteiger partial charge on any atom is 0.305 e. The first-order chi connectivity index (χ1) is 6.51. The molecule has 0 rings (SSSR count). The van der Waals surface area contributed by atoms with Crippen molar-refractivity contribution in [2.45, 2.75) is 52.7 Å². The van der Waals surface area contributed by atoms with Gasteiger partial charge in [0.05, 0.1) is 0 Å². The summed E-state index contributed by atoms with van der Waals surface area (Å²) >= 11 is 0. The number of rotatable bonds is 5. The quantitative estimate of drug-likeness (QED) is 0.636. The van der Waals surface area contributed by atoms with E-state index in [-0.39, 0.29) is 11.9 Å². The lowest BCUT2D eigenvalue weighted by Crippen LogP contribution is -2.30. The van der Waals surface area contributed by atoms with Crippen LogP contribution in [0, 0.1) is 0 Å². The zero-order valence-corrected chi connectivity index (χ0v) is 9.20. The molecule has 0 spiro atoms. The highest BCUT2D eigenvalue weighted by Gasteiger charge is 2.18. The number of hydrogen-bond donors (Lipinski definition) is 0. The number of carbonyl (C=O) groups is 2. The molecule has 0 radical (unpaired) electrons. The molecular weight excluding hydrogens is 184 g/mol. The molecule has 0 fully saturated rings. The SMILES string of the molecule is CCC(=O)O[C@H](C)[C@@H](C)OC(=O)CC. The smallest absolute Gasteiger partial charge is 0.305 e. The summed E-state index contributed by atoms with van der Waals surface area (Å²) in [4.78, 5) is 21.8. The summed E-state index contributed by atoms with van der Waals surface area (Å²) in [5.74, 6) is -0.561. The van der Waals surface area contributed by atoms with Crippen LogP contribution in [-0.2, 0) is 19.1 Å². The van der Waals surface area contributed by atoms with Gasteiger partial charge in [-0.05, 0) is 13.8 Å². The number of carbonyl (C=O) groups excluding carboxylic acids is 2. The first-order valence-corrected chi connectivity index (χ1v) is 4.90. The van der Waals surface area contributed by atoms with E-state index in [0.717, 1.165) is 0 Å². The minimum Gasteiger partial charge on any atom is -0.459 e. The van der Waals surface area contributed by atoms with Crippen LogP contribution in [0.5, 0.6) is 0 Å². The van der Waals surface area contributed by atoms with Crippen LogP contribution in [0.2, 0.25) is 0 Å². The highest BCUT2D eigenvalue weighted by atomic mass is 16.6. The second-order valence-corrected chi connectivity index (χ2v) is 3.10. The largest absolute Gasteiger partial charge is 0.459 e. The van der Waals surface area contributed by atoms with E-state index in [1.165, 1.54) is 0 Å². The molecule has 0 aliphatic rings. The Bertz CT molecular complexity index is 178. The van der Waals surface area contributed by atoms with E-state index >= 15 is 0 Å².